The second kappa shape index (κ2) is 7.70. The predicted octanol–water partition coefficient (Wildman–Crippen LogP) is 2.91. The summed E-state index contributed by atoms with van der Waals surface area (Å²) in [5, 5.41) is 2.85. The molecule has 1 aliphatic heterocycles. The van der Waals surface area contributed by atoms with Crippen LogP contribution in [0.25, 0.3) is 0 Å². The van der Waals surface area contributed by atoms with Crippen LogP contribution in [0, 0.1) is 11.7 Å². The summed E-state index contributed by atoms with van der Waals surface area (Å²) in [4.78, 5) is 22.8. The molecular formula is C17H18BrFN4O. The van der Waals surface area contributed by atoms with Crippen LogP contribution >= 0.6 is 15.9 Å². The normalized spacial score (nSPS) is 15.3. The molecule has 0 saturated carbocycles. The molecule has 0 spiro atoms. The molecule has 1 amide bonds. The zero-order chi connectivity index (χ0) is 16.9. The first-order chi connectivity index (χ1) is 11.6. The van der Waals surface area contributed by atoms with Gasteiger partial charge in [-0.25, -0.2) is 9.37 Å². The second-order valence-electron chi connectivity index (χ2n) is 5.78. The molecule has 0 bridgehead atoms. The molecule has 7 heteroatoms. The average molecular weight is 393 g/mol. The predicted molar refractivity (Wildman–Crippen MR) is 92.9 cm³/mol. The van der Waals surface area contributed by atoms with E-state index >= 15 is 0 Å². The number of hydrogen-bond acceptors (Lipinski definition) is 4. The lowest BCUT2D eigenvalue weighted by Gasteiger charge is -2.31. The first-order valence-electron chi connectivity index (χ1n) is 7.86. The highest BCUT2D eigenvalue weighted by atomic mass is 79.9. The molecule has 3 rings (SSSR count). The van der Waals surface area contributed by atoms with Crippen molar-refractivity contribution < 1.29 is 9.18 Å². The minimum absolute atomic E-state index is 0.0202. The van der Waals surface area contributed by atoms with Crippen LogP contribution in [0.5, 0.6) is 0 Å². The monoisotopic (exact) mass is 392 g/mol. The average Bonchev–Trinajstić information content (AvgIpc) is 2.63. The lowest BCUT2D eigenvalue weighted by molar-refractivity contribution is -0.125. The smallest absolute Gasteiger partial charge is 0.223 e. The molecule has 1 N–H and O–H groups in total. The van der Waals surface area contributed by atoms with Gasteiger partial charge in [0.2, 0.25) is 5.91 Å². The minimum atomic E-state index is -0.309. The van der Waals surface area contributed by atoms with E-state index in [4.69, 9.17) is 0 Å². The molecule has 126 valence electrons. The van der Waals surface area contributed by atoms with Crippen molar-refractivity contribution in [3.8, 4) is 0 Å². The molecule has 0 unspecified atom stereocenters. The Balaban J connectivity index is 1.51. The number of nitrogens with one attached hydrogen (secondary N) is 1. The van der Waals surface area contributed by atoms with Crippen LogP contribution in [0.2, 0.25) is 0 Å². The standard InChI is InChI=1S/C17H18BrFN4O/c18-14-1-2-15(19)13(9-14)10-22-17(24)12-3-7-23(8-4-12)16-11-20-5-6-21-16/h1-2,5-6,9,11-12H,3-4,7-8,10H2,(H,22,24). The van der Waals surface area contributed by atoms with Crippen molar-refractivity contribution in [1.29, 1.82) is 0 Å². The van der Waals surface area contributed by atoms with E-state index in [1.807, 2.05) is 0 Å². The van der Waals surface area contributed by atoms with Gasteiger partial charge in [-0.3, -0.25) is 9.78 Å². The third-order valence-electron chi connectivity index (χ3n) is 4.20. The van der Waals surface area contributed by atoms with E-state index in [0.29, 0.717) is 5.56 Å². The number of carbonyl (C=O) groups excluding carboxylic acids is 1. The van der Waals surface area contributed by atoms with E-state index in [1.54, 1.807) is 30.7 Å². The molecule has 1 fully saturated rings. The van der Waals surface area contributed by atoms with E-state index in [1.165, 1.54) is 6.07 Å². The lowest BCUT2D eigenvalue weighted by atomic mass is 9.96. The summed E-state index contributed by atoms with van der Waals surface area (Å²) in [6.45, 7) is 1.73. The van der Waals surface area contributed by atoms with Gasteiger partial charge >= 0.3 is 0 Å². The van der Waals surface area contributed by atoms with Gasteiger partial charge in [0.15, 0.2) is 0 Å². The Kier molecular flexibility index (Phi) is 5.40. The van der Waals surface area contributed by atoms with Crippen LogP contribution in [0.15, 0.2) is 41.3 Å². The number of nitrogens with zero attached hydrogens (tertiary/aromatic N) is 3. The van der Waals surface area contributed by atoms with E-state index in [0.717, 1.165) is 36.2 Å². The molecule has 1 saturated heterocycles. The van der Waals surface area contributed by atoms with Gasteiger partial charge in [-0.05, 0) is 31.0 Å². The van der Waals surface area contributed by atoms with Crippen molar-refractivity contribution in [2.45, 2.75) is 19.4 Å². The number of rotatable bonds is 4. The third-order valence-corrected chi connectivity index (χ3v) is 4.69. The first kappa shape index (κ1) is 16.8. The van der Waals surface area contributed by atoms with Crippen LogP contribution in [0.1, 0.15) is 18.4 Å². The van der Waals surface area contributed by atoms with Gasteiger partial charge in [0.05, 0.1) is 6.20 Å². The van der Waals surface area contributed by atoms with E-state index in [2.05, 4.69) is 36.1 Å². The van der Waals surface area contributed by atoms with Crippen LogP contribution in [-0.4, -0.2) is 29.0 Å². The van der Waals surface area contributed by atoms with E-state index in [-0.39, 0.29) is 24.2 Å². The van der Waals surface area contributed by atoms with Crippen LogP contribution in [0.4, 0.5) is 10.2 Å². The number of amides is 1. The Labute approximate surface area is 148 Å². The SMILES string of the molecule is O=C(NCc1cc(Br)ccc1F)C1CCN(c2cnccn2)CC1. The number of carbonyl (C=O) groups is 1. The molecule has 5 nitrogen and oxygen atoms in total. The van der Waals surface area contributed by atoms with Crippen molar-refractivity contribution in [3.63, 3.8) is 0 Å². The number of halogens is 2. The Morgan fingerprint density at radius 2 is 2.12 bits per heavy atom. The van der Waals surface area contributed by atoms with Gasteiger partial charge in [-0.1, -0.05) is 15.9 Å². The van der Waals surface area contributed by atoms with Crippen molar-refractivity contribution in [2.24, 2.45) is 5.92 Å². The van der Waals surface area contributed by atoms with E-state index < -0.39 is 0 Å². The molecule has 0 aliphatic carbocycles. The summed E-state index contributed by atoms with van der Waals surface area (Å²) >= 11 is 3.31. The second-order valence-corrected chi connectivity index (χ2v) is 6.69. The fourth-order valence-electron chi connectivity index (χ4n) is 2.83. The first-order valence-corrected chi connectivity index (χ1v) is 8.65. The highest BCUT2D eigenvalue weighted by Crippen LogP contribution is 2.21. The Hall–Kier alpha value is -2.02. The van der Waals surface area contributed by atoms with Gasteiger partial charge in [-0.2, -0.15) is 0 Å². The van der Waals surface area contributed by atoms with Gasteiger partial charge in [0.1, 0.15) is 11.6 Å². The van der Waals surface area contributed by atoms with Gasteiger partial charge in [0, 0.05) is 48.0 Å². The molecule has 2 heterocycles. The molecule has 2 aromatic rings. The molecule has 24 heavy (non-hydrogen) atoms. The lowest BCUT2D eigenvalue weighted by Crippen LogP contribution is -2.40. The zero-order valence-corrected chi connectivity index (χ0v) is 14.7. The van der Waals surface area contributed by atoms with Crippen LogP contribution in [-0.2, 0) is 11.3 Å². The fourth-order valence-corrected chi connectivity index (χ4v) is 3.24. The van der Waals surface area contributed by atoms with Gasteiger partial charge in [-0.15, -0.1) is 0 Å². The van der Waals surface area contributed by atoms with Crippen molar-refractivity contribution in [3.05, 3.63) is 52.6 Å². The van der Waals surface area contributed by atoms with Crippen molar-refractivity contribution in [1.82, 2.24) is 15.3 Å². The summed E-state index contributed by atoms with van der Waals surface area (Å²) in [7, 11) is 0. The van der Waals surface area contributed by atoms with Crippen LogP contribution < -0.4 is 10.2 Å². The quantitative estimate of drug-likeness (QED) is 0.868. The van der Waals surface area contributed by atoms with Crippen LogP contribution in [0.3, 0.4) is 0 Å². The number of hydrogen-bond donors (Lipinski definition) is 1. The molecule has 0 radical (unpaired) electrons. The van der Waals surface area contributed by atoms with E-state index in [9.17, 15) is 9.18 Å². The number of aromatic nitrogens is 2. The summed E-state index contributed by atoms with van der Waals surface area (Å²) in [5.41, 5.74) is 0.481. The summed E-state index contributed by atoms with van der Waals surface area (Å²) < 4.78 is 14.5. The number of anilines is 1. The summed E-state index contributed by atoms with van der Waals surface area (Å²) in [6, 6.07) is 4.72. The third kappa shape index (κ3) is 4.08. The van der Waals surface area contributed by atoms with Gasteiger partial charge < -0.3 is 10.2 Å². The highest BCUT2D eigenvalue weighted by Gasteiger charge is 2.25. The van der Waals surface area contributed by atoms with Crippen molar-refractivity contribution >= 4 is 27.7 Å². The minimum Gasteiger partial charge on any atom is -0.355 e. The molecule has 1 aromatic heterocycles. The maximum Gasteiger partial charge on any atom is 0.223 e. The maximum atomic E-state index is 13.7. The Bertz CT molecular complexity index is 705. The van der Waals surface area contributed by atoms with Gasteiger partial charge in [0.25, 0.3) is 0 Å². The largest absolute Gasteiger partial charge is 0.355 e. The summed E-state index contributed by atoms with van der Waals surface area (Å²) in [5.74, 6) is 0.463. The molecule has 1 aromatic carbocycles. The molecular weight excluding hydrogens is 375 g/mol. The molecule has 0 atom stereocenters. The Morgan fingerprint density at radius 1 is 1.33 bits per heavy atom. The van der Waals surface area contributed by atoms with Crippen molar-refractivity contribution in [2.75, 3.05) is 18.0 Å². The number of benzene rings is 1. The summed E-state index contributed by atoms with van der Waals surface area (Å²) in [6.07, 6.45) is 6.55. The Morgan fingerprint density at radius 3 is 2.83 bits per heavy atom. The number of piperidine rings is 1. The highest BCUT2D eigenvalue weighted by molar-refractivity contribution is 9.10. The fraction of sp³-hybridized carbons (Fsp3) is 0.353. The molecule has 1 aliphatic rings. The zero-order valence-electron chi connectivity index (χ0n) is 13.1. The topological polar surface area (TPSA) is 58.1 Å². The maximum absolute atomic E-state index is 13.7.